The molecule has 0 aliphatic carbocycles. The highest BCUT2D eigenvalue weighted by molar-refractivity contribution is 5.79. The summed E-state index contributed by atoms with van der Waals surface area (Å²) < 4.78 is 7.47. The Labute approximate surface area is 126 Å². The van der Waals surface area contributed by atoms with Gasteiger partial charge in [-0.15, -0.1) is 0 Å². The maximum atomic E-state index is 5.29. The van der Waals surface area contributed by atoms with Crippen LogP contribution in [0.25, 0.3) is 22.4 Å². The Bertz CT molecular complexity index is 897. The Morgan fingerprint density at radius 1 is 1.09 bits per heavy atom. The van der Waals surface area contributed by atoms with E-state index in [1.807, 2.05) is 12.1 Å². The van der Waals surface area contributed by atoms with Crippen molar-refractivity contribution in [2.75, 3.05) is 0 Å². The maximum Gasteiger partial charge on any atom is 0.228 e. The van der Waals surface area contributed by atoms with Crippen molar-refractivity contribution in [1.29, 1.82) is 0 Å². The Morgan fingerprint density at radius 3 is 2.95 bits per heavy atom. The Kier molecular flexibility index (Phi) is 3.12. The highest BCUT2D eigenvalue weighted by atomic mass is 16.5. The Morgan fingerprint density at radius 2 is 2.05 bits per heavy atom. The van der Waals surface area contributed by atoms with Gasteiger partial charge in [-0.3, -0.25) is 4.98 Å². The van der Waals surface area contributed by atoms with Gasteiger partial charge in [0.15, 0.2) is 0 Å². The lowest BCUT2D eigenvalue weighted by molar-refractivity contribution is 0.373. The number of aryl methyl sites for hydroxylation is 2. The van der Waals surface area contributed by atoms with E-state index >= 15 is 0 Å². The first-order valence-electron chi connectivity index (χ1n) is 7.03. The van der Waals surface area contributed by atoms with Gasteiger partial charge in [-0.05, 0) is 17.5 Å². The van der Waals surface area contributed by atoms with Gasteiger partial charge < -0.3 is 9.09 Å². The van der Waals surface area contributed by atoms with E-state index in [4.69, 9.17) is 4.52 Å². The molecule has 0 saturated heterocycles. The number of rotatable bonds is 4. The lowest BCUT2D eigenvalue weighted by Crippen LogP contribution is -2.00. The largest absolute Gasteiger partial charge is 0.347 e. The van der Waals surface area contributed by atoms with E-state index in [9.17, 15) is 0 Å². The van der Waals surface area contributed by atoms with E-state index < -0.39 is 0 Å². The van der Waals surface area contributed by atoms with Gasteiger partial charge in [0, 0.05) is 37.1 Å². The van der Waals surface area contributed by atoms with Gasteiger partial charge in [-0.1, -0.05) is 23.4 Å². The van der Waals surface area contributed by atoms with E-state index in [0.29, 0.717) is 23.8 Å². The predicted octanol–water partition coefficient (Wildman–Crippen LogP) is 2.72. The molecule has 0 aliphatic heterocycles. The van der Waals surface area contributed by atoms with Crippen LogP contribution >= 0.6 is 0 Å². The molecule has 0 radical (unpaired) electrons. The maximum absolute atomic E-state index is 5.29. The van der Waals surface area contributed by atoms with Crippen LogP contribution in [0.3, 0.4) is 0 Å². The number of nitrogens with zero attached hydrogens (tertiary/aromatic N) is 5. The number of fused-ring (bicyclic) bond motifs is 1. The quantitative estimate of drug-likeness (QED) is 0.578. The zero-order valence-electron chi connectivity index (χ0n) is 11.8. The molecule has 6 heteroatoms. The number of hydrogen-bond donors (Lipinski definition) is 0. The summed E-state index contributed by atoms with van der Waals surface area (Å²) in [5.41, 5.74) is 1.82. The number of para-hydroxylation sites is 1. The molecule has 0 spiro atoms. The molecule has 0 saturated carbocycles. The average Bonchev–Trinajstić information content (AvgIpc) is 3.21. The summed E-state index contributed by atoms with van der Waals surface area (Å²) in [6.45, 7) is 0.787. The zero-order chi connectivity index (χ0) is 14.8. The summed E-state index contributed by atoms with van der Waals surface area (Å²) in [5, 5.41) is 5.18. The van der Waals surface area contributed by atoms with Crippen molar-refractivity contribution in [3.05, 3.63) is 61.0 Å². The molecule has 0 fully saturated rings. The molecule has 108 valence electrons. The topological polar surface area (TPSA) is 69.6 Å². The normalized spacial score (nSPS) is 11.1. The van der Waals surface area contributed by atoms with Crippen molar-refractivity contribution in [2.45, 2.75) is 13.0 Å². The molecule has 0 aliphatic rings. The van der Waals surface area contributed by atoms with Gasteiger partial charge in [0.05, 0.1) is 6.20 Å². The molecule has 22 heavy (non-hydrogen) atoms. The SMILES string of the molecule is c1ccc2c(c1)ccn2CCc1nc(-c2cnccn2)no1. The average molecular weight is 291 g/mol. The molecule has 1 aromatic carbocycles. The van der Waals surface area contributed by atoms with E-state index in [0.717, 1.165) is 6.54 Å². The number of benzene rings is 1. The summed E-state index contributed by atoms with van der Waals surface area (Å²) in [6, 6.07) is 10.4. The molecular formula is C16H13N5O. The third-order valence-electron chi connectivity index (χ3n) is 3.51. The van der Waals surface area contributed by atoms with Crippen LogP contribution in [-0.2, 0) is 13.0 Å². The second-order valence-electron chi connectivity index (χ2n) is 4.92. The summed E-state index contributed by atoms with van der Waals surface area (Å²) in [4.78, 5) is 12.5. The van der Waals surface area contributed by atoms with Crippen molar-refractivity contribution in [3.63, 3.8) is 0 Å². The van der Waals surface area contributed by atoms with Gasteiger partial charge in [0.1, 0.15) is 5.69 Å². The first kappa shape index (κ1) is 12.7. The molecule has 6 nitrogen and oxygen atoms in total. The number of aromatic nitrogens is 5. The fourth-order valence-electron chi connectivity index (χ4n) is 2.43. The van der Waals surface area contributed by atoms with Crippen molar-refractivity contribution in [2.24, 2.45) is 0 Å². The molecule has 4 rings (SSSR count). The van der Waals surface area contributed by atoms with E-state index in [2.05, 4.69) is 49.1 Å². The second-order valence-corrected chi connectivity index (χ2v) is 4.92. The lowest BCUT2D eigenvalue weighted by Gasteiger charge is -2.02. The predicted molar refractivity (Wildman–Crippen MR) is 81.0 cm³/mol. The first-order valence-corrected chi connectivity index (χ1v) is 7.03. The summed E-state index contributed by atoms with van der Waals surface area (Å²) >= 11 is 0. The standard InChI is InChI=1S/C16H13N5O/c1-2-4-14-12(3-1)5-9-21(14)10-6-15-19-16(20-22-15)13-11-17-7-8-18-13/h1-5,7-9,11H,6,10H2. The van der Waals surface area contributed by atoms with Gasteiger partial charge in [0.2, 0.25) is 11.7 Å². The van der Waals surface area contributed by atoms with Crippen LogP contribution in [0, 0.1) is 0 Å². The summed E-state index contributed by atoms with van der Waals surface area (Å²) in [7, 11) is 0. The minimum Gasteiger partial charge on any atom is -0.347 e. The molecule has 3 aromatic heterocycles. The van der Waals surface area contributed by atoms with E-state index in [-0.39, 0.29) is 0 Å². The molecule has 4 aromatic rings. The smallest absolute Gasteiger partial charge is 0.228 e. The van der Waals surface area contributed by atoms with Crippen LogP contribution in [0.5, 0.6) is 0 Å². The second kappa shape index (κ2) is 5.40. The molecule has 0 amide bonds. The third kappa shape index (κ3) is 2.35. The summed E-state index contributed by atoms with van der Waals surface area (Å²) in [5.74, 6) is 1.07. The Hall–Kier alpha value is -3.02. The van der Waals surface area contributed by atoms with Crippen LogP contribution < -0.4 is 0 Å². The van der Waals surface area contributed by atoms with Gasteiger partial charge in [0.25, 0.3) is 0 Å². The van der Waals surface area contributed by atoms with Crippen molar-refractivity contribution in [1.82, 2.24) is 24.7 Å². The summed E-state index contributed by atoms with van der Waals surface area (Å²) in [6.07, 6.45) is 7.59. The monoisotopic (exact) mass is 291 g/mol. The molecule has 0 atom stereocenters. The molecule has 0 unspecified atom stereocenters. The first-order chi connectivity index (χ1) is 10.9. The van der Waals surface area contributed by atoms with Gasteiger partial charge >= 0.3 is 0 Å². The molecule has 0 N–H and O–H groups in total. The van der Waals surface area contributed by atoms with Crippen LogP contribution in [-0.4, -0.2) is 24.7 Å². The fraction of sp³-hybridized carbons (Fsp3) is 0.125. The Balaban J connectivity index is 1.52. The van der Waals surface area contributed by atoms with Crippen LogP contribution in [0.15, 0.2) is 59.6 Å². The molecule has 0 bridgehead atoms. The molecular weight excluding hydrogens is 278 g/mol. The van der Waals surface area contributed by atoms with Crippen molar-refractivity contribution >= 4 is 10.9 Å². The number of hydrogen-bond acceptors (Lipinski definition) is 5. The van der Waals surface area contributed by atoms with Gasteiger partial charge in [-0.2, -0.15) is 4.98 Å². The van der Waals surface area contributed by atoms with Crippen LogP contribution in [0.2, 0.25) is 0 Å². The minimum absolute atomic E-state index is 0.473. The van der Waals surface area contributed by atoms with Gasteiger partial charge in [-0.25, -0.2) is 4.98 Å². The lowest BCUT2D eigenvalue weighted by atomic mass is 10.2. The highest BCUT2D eigenvalue weighted by Crippen LogP contribution is 2.16. The highest BCUT2D eigenvalue weighted by Gasteiger charge is 2.10. The van der Waals surface area contributed by atoms with E-state index in [1.165, 1.54) is 10.9 Å². The van der Waals surface area contributed by atoms with Crippen molar-refractivity contribution < 1.29 is 4.52 Å². The zero-order valence-corrected chi connectivity index (χ0v) is 11.8. The van der Waals surface area contributed by atoms with Crippen LogP contribution in [0.4, 0.5) is 0 Å². The minimum atomic E-state index is 0.473. The third-order valence-corrected chi connectivity index (χ3v) is 3.51. The van der Waals surface area contributed by atoms with Crippen LogP contribution in [0.1, 0.15) is 5.89 Å². The van der Waals surface area contributed by atoms with E-state index in [1.54, 1.807) is 18.6 Å². The van der Waals surface area contributed by atoms with Crippen molar-refractivity contribution in [3.8, 4) is 11.5 Å². The molecule has 3 heterocycles. The fourth-order valence-corrected chi connectivity index (χ4v) is 2.43.